The first kappa shape index (κ1) is 15.0. The molecule has 1 amide bonds. The van der Waals surface area contributed by atoms with Gasteiger partial charge in [0.25, 0.3) is 0 Å². The Morgan fingerprint density at radius 1 is 1.39 bits per heavy atom. The van der Waals surface area contributed by atoms with Crippen LogP contribution in [0.5, 0.6) is 0 Å². The Kier molecular flexibility index (Phi) is 4.73. The van der Waals surface area contributed by atoms with Crippen LogP contribution in [-0.2, 0) is 9.59 Å². The lowest BCUT2D eigenvalue weighted by Gasteiger charge is -2.24. The first-order valence-electron chi connectivity index (χ1n) is 6.46. The average molecular weight is 257 g/mol. The predicted molar refractivity (Wildman–Crippen MR) is 66.9 cm³/mol. The summed E-state index contributed by atoms with van der Waals surface area (Å²) in [6, 6.07) is 0. The van der Waals surface area contributed by atoms with Crippen molar-refractivity contribution in [2.75, 3.05) is 6.54 Å². The summed E-state index contributed by atoms with van der Waals surface area (Å²) in [5.74, 6) is -1.62. The molecule has 1 saturated carbocycles. The van der Waals surface area contributed by atoms with Crippen LogP contribution in [0.2, 0.25) is 0 Å². The smallest absolute Gasteiger partial charge is 0.307 e. The quantitative estimate of drug-likeness (QED) is 0.635. The van der Waals surface area contributed by atoms with Gasteiger partial charge in [0.2, 0.25) is 5.91 Å². The fourth-order valence-electron chi connectivity index (χ4n) is 1.85. The molecule has 18 heavy (non-hydrogen) atoms. The number of hydrogen-bond donors (Lipinski definition) is 3. The van der Waals surface area contributed by atoms with Crippen LogP contribution in [0.15, 0.2) is 0 Å². The van der Waals surface area contributed by atoms with Crippen LogP contribution in [-0.4, -0.2) is 34.2 Å². The minimum atomic E-state index is -0.923. The molecule has 0 heterocycles. The minimum absolute atomic E-state index is 0.182. The van der Waals surface area contributed by atoms with Gasteiger partial charge in [-0.1, -0.05) is 13.8 Å². The van der Waals surface area contributed by atoms with Gasteiger partial charge in [0.05, 0.1) is 17.4 Å². The fraction of sp³-hybridized carbons (Fsp3) is 0.846. The Labute approximate surface area is 108 Å². The topological polar surface area (TPSA) is 86.6 Å². The van der Waals surface area contributed by atoms with Crippen molar-refractivity contribution in [3.05, 3.63) is 0 Å². The maximum atomic E-state index is 11.6. The van der Waals surface area contributed by atoms with Crippen LogP contribution < -0.4 is 5.32 Å². The molecule has 5 heteroatoms. The molecular weight excluding hydrogens is 234 g/mol. The molecule has 1 rings (SSSR count). The third-order valence-corrected chi connectivity index (χ3v) is 3.35. The fourth-order valence-corrected chi connectivity index (χ4v) is 1.85. The van der Waals surface area contributed by atoms with Gasteiger partial charge in [-0.25, -0.2) is 0 Å². The molecule has 1 fully saturated rings. The zero-order valence-corrected chi connectivity index (χ0v) is 11.3. The van der Waals surface area contributed by atoms with E-state index >= 15 is 0 Å². The molecule has 3 atom stereocenters. The normalized spacial score (nSPS) is 25.6. The summed E-state index contributed by atoms with van der Waals surface area (Å²) in [5.41, 5.74) is -0.923. The third-order valence-electron chi connectivity index (χ3n) is 3.35. The molecular formula is C13H23NO4. The van der Waals surface area contributed by atoms with Gasteiger partial charge in [0, 0.05) is 6.54 Å². The monoisotopic (exact) mass is 257 g/mol. The van der Waals surface area contributed by atoms with Gasteiger partial charge in [-0.3, -0.25) is 9.59 Å². The summed E-state index contributed by atoms with van der Waals surface area (Å²) in [7, 11) is 0. The highest BCUT2D eigenvalue weighted by molar-refractivity contribution is 5.89. The van der Waals surface area contributed by atoms with E-state index < -0.39 is 23.4 Å². The zero-order valence-electron chi connectivity index (χ0n) is 11.3. The number of carboxylic acid groups (broad SMARTS) is 1. The number of rotatable bonds is 7. The number of carbonyl (C=O) groups is 2. The Hall–Kier alpha value is -1.10. The second-order valence-corrected chi connectivity index (χ2v) is 5.93. The van der Waals surface area contributed by atoms with Crippen molar-refractivity contribution in [1.29, 1.82) is 0 Å². The maximum Gasteiger partial charge on any atom is 0.307 e. The number of aliphatic carboxylic acids is 1. The SMILES string of the molecule is CC(C)CC[C@](C)(O)CNC(=O)[C@H]1C[C@@H]1C(=O)O. The molecule has 0 aromatic rings. The molecule has 1 aliphatic rings. The number of amides is 1. The third kappa shape index (κ3) is 4.64. The van der Waals surface area contributed by atoms with Gasteiger partial charge in [0.1, 0.15) is 0 Å². The highest BCUT2D eigenvalue weighted by atomic mass is 16.4. The van der Waals surface area contributed by atoms with Crippen molar-refractivity contribution in [2.45, 2.75) is 45.6 Å². The lowest BCUT2D eigenvalue weighted by molar-refractivity contribution is -0.140. The van der Waals surface area contributed by atoms with Gasteiger partial charge >= 0.3 is 5.97 Å². The van der Waals surface area contributed by atoms with Crippen LogP contribution in [0.3, 0.4) is 0 Å². The van der Waals surface area contributed by atoms with Gasteiger partial charge in [-0.05, 0) is 32.1 Å². The van der Waals surface area contributed by atoms with E-state index in [-0.39, 0.29) is 12.5 Å². The summed E-state index contributed by atoms with van der Waals surface area (Å²) in [5, 5.41) is 21.4. The highest BCUT2D eigenvalue weighted by Gasteiger charge is 2.48. The molecule has 3 N–H and O–H groups in total. The van der Waals surface area contributed by atoms with Crippen molar-refractivity contribution in [3.8, 4) is 0 Å². The molecule has 5 nitrogen and oxygen atoms in total. The summed E-state index contributed by atoms with van der Waals surface area (Å²) in [6.07, 6.45) is 1.93. The molecule has 0 saturated heterocycles. The summed E-state index contributed by atoms with van der Waals surface area (Å²) < 4.78 is 0. The highest BCUT2D eigenvalue weighted by Crippen LogP contribution is 2.38. The van der Waals surface area contributed by atoms with Crippen LogP contribution in [0.25, 0.3) is 0 Å². The molecule has 1 aliphatic carbocycles. The van der Waals surface area contributed by atoms with Gasteiger partial charge in [-0.15, -0.1) is 0 Å². The van der Waals surface area contributed by atoms with Crippen LogP contribution in [0.1, 0.15) is 40.0 Å². The number of carboxylic acids is 1. The van der Waals surface area contributed by atoms with Crippen LogP contribution in [0.4, 0.5) is 0 Å². The molecule has 0 unspecified atom stereocenters. The summed E-state index contributed by atoms with van der Waals surface area (Å²) in [6.45, 7) is 6.03. The predicted octanol–water partition coefficient (Wildman–Crippen LogP) is 1.01. The molecule has 104 valence electrons. The van der Waals surface area contributed by atoms with E-state index in [1.54, 1.807) is 6.92 Å². The molecule has 0 aromatic heterocycles. The molecule has 0 aromatic carbocycles. The Bertz CT molecular complexity index is 325. The second kappa shape index (κ2) is 5.69. The first-order valence-corrected chi connectivity index (χ1v) is 6.46. The Morgan fingerprint density at radius 3 is 2.44 bits per heavy atom. The van der Waals surface area contributed by atoms with Gasteiger partial charge < -0.3 is 15.5 Å². The average Bonchev–Trinajstić information content (AvgIpc) is 3.03. The van der Waals surface area contributed by atoms with Crippen LogP contribution >= 0.6 is 0 Å². The zero-order chi connectivity index (χ0) is 13.9. The number of carbonyl (C=O) groups excluding carboxylic acids is 1. The maximum absolute atomic E-state index is 11.6. The number of nitrogens with one attached hydrogen (secondary N) is 1. The van der Waals surface area contributed by atoms with E-state index in [0.29, 0.717) is 18.8 Å². The van der Waals surface area contributed by atoms with E-state index in [1.807, 2.05) is 0 Å². The van der Waals surface area contributed by atoms with Crippen molar-refractivity contribution in [3.63, 3.8) is 0 Å². The van der Waals surface area contributed by atoms with E-state index in [1.165, 1.54) is 0 Å². The molecule has 0 bridgehead atoms. The molecule has 0 aliphatic heterocycles. The van der Waals surface area contributed by atoms with Crippen molar-refractivity contribution < 1.29 is 19.8 Å². The Balaban J connectivity index is 2.28. The largest absolute Gasteiger partial charge is 0.481 e. The van der Waals surface area contributed by atoms with E-state index in [9.17, 15) is 14.7 Å². The van der Waals surface area contributed by atoms with Crippen molar-refractivity contribution >= 4 is 11.9 Å². The Morgan fingerprint density at radius 2 is 2.00 bits per heavy atom. The minimum Gasteiger partial charge on any atom is -0.481 e. The van der Waals surface area contributed by atoms with Crippen LogP contribution in [0, 0.1) is 17.8 Å². The van der Waals surface area contributed by atoms with E-state index in [2.05, 4.69) is 19.2 Å². The second-order valence-electron chi connectivity index (χ2n) is 5.93. The molecule has 0 spiro atoms. The van der Waals surface area contributed by atoms with Crippen molar-refractivity contribution in [2.24, 2.45) is 17.8 Å². The number of aliphatic hydroxyl groups is 1. The van der Waals surface area contributed by atoms with E-state index in [0.717, 1.165) is 6.42 Å². The lowest BCUT2D eigenvalue weighted by Crippen LogP contribution is -2.41. The standard InChI is InChI=1S/C13H23NO4/c1-8(2)4-5-13(3,18)7-14-11(15)9-6-10(9)12(16)17/h8-10,18H,4-7H2,1-3H3,(H,14,15)(H,16,17)/t9-,10-,13-/m0/s1. The van der Waals surface area contributed by atoms with Crippen molar-refractivity contribution in [1.82, 2.24) is 5.32 Å². The number of hydrogen-bond acceptors (Lipinski definition) is 3. The first-order chi connectivity index (χ1) is 8.23. The van der Waals surface area contributed by atoms with Gasteiger partial charge in [-0.2, -0.15) is 0 Å². The lowest BCUT2D eigenvalue weighted by atomic mass is 9.95. The van der Waals surface area contributed by atoms with Gasteiger partial charge in [0.15, 0.2) is 0 Å². The summed E-state index contributed by atoms with van der Waals surface area (Å²) >= 11 is 0. The van der Waals surface area contributed by atoms with E-state index in [4.69, 9.17) is 5.11 Å². The summed E-state index contributed by atoms with van der Waals surface area (Å²) in [4.78, 5) is 22.2. The molecule has 0 radical (unpaired) electrons.